The Labute approximate surface area is 215 Å². The molecule has 36 heavy (non-hydrogen) atoms. The number of aryl methyl sites for hydroxylation is 1. The maximum Gasteiger partial charge on any atom is 0.252 e. The zero-order valence-corrected chi connectivity index (χ0v) is 21.9. The average molecular weight is 514 g/mol. The number of carbonyl (C=O) groups is 2. The van der Waals surface area contributed by atoms with Crippen LogP contribution in [0.1, 0.15) is 57.4 Å². The maximum atomic E-state index is 13.2. The standard InChI is InChI=1S/C25H35N7O3S/c1-16-18-11-7-8-12-21(18)31(2)24(35)20(26-16)14-23(34)27-19(13-17-9-5-4-6-10-17)22(33)15-36-25-28-29-30-32(25)3/h7-8,11-12,17,19-20,22,33H,4-6,9-10,13-15H2,1-3H3,(H,27,34)/t19-,20-,22?/m0/s1. The van der Waals surface area contributed by atoms with Crippen molar-refractivity contribution in [1.29, 1.82) is 0 Å². The Bertz CT molecular complexity index is 1100. The van der Waals surface area contributed by atoms with Crippen molar-refractivity contribution in [2.24, 2.45) is 18.0 Å². The Hall–Kier alpha value is -2.79. The number of carbonyl (C=O) groups excluding carboxylic acids is 2. The highest BCUT2D eigenvalue weighted by Crippen LogP contribution is 2.29. The van der Waals surface area contributed by atoms with Crippen LogP contribution in [0.5, 0.6) is 0 Å². The van der Waals surface area contributed by atoms with Gasteiger partial charge in [-0.3, -0.25) is 14.6 Å². The molecular formula is C25H35N7O3S. The molecule has 3 atom stereocenters. The first kappa shape index (κ1) is 26.3. The predicted octanol–water partition coefficient (Wildman–Crippen LogP) is 2.36. The summed E-state index contributed by atoms with van der Waals surface area (Å²) in [5.41, 5.74) is 2.40. The van der Waals surface area contributed by atoms with Crippen LogP contribution < -0.4 is 10.2 Å². The van der Waals surface area contributed by atoms with Gasteiger partial charge < -0.3 is 15.3 Å². The van der Waals surface area contributed by atoms with E-state index in [1.807, 2.05) is 31.2 Å². The SMILES string of the molecule is CC1=N[C@@H](CC(=O)N[C@@H](CC2CCCCC2)C(O)CSc2nnnn2C)C(=O)N(C)c2ccccc21. The lowest BCUT2D eigenvalue weighted by Crippen LogP contribution is -2.47. The van der Waals surface area contributed by atoms with Gasteiger partial charge in [0.1, 0.15) is 6.04 Å². The number of para-hydroxylation sites is 1. The number of rotatable bonds is 9. The third-order valence-electron chi connectivity index (χ3n) is 7.09. The topological polar surface area (TPSA) is 126 Å². The van der Waals surface area contributed by atoms with Crippen molar-refractivity contribution in [3.05, 3.63) is 29.8 Å². The lowest BCUT2D eigenvalue weighted by molar-refractivity contribution is -0.127. The molecule has 10 nitrogen and oxygen atoms in total. The minimum Gasteiger partial charge on any atom is -0.390 e. The van der Waals surface area contributed by atoms with Gasteiger partial charge in [0.2, 0.25) is 11.1 Å². The van der Waals surface area contributed by atoms with Gasteiger partial charge in [-0.2, -0.15) is 0 Å². The molecule has 4 rings (SSSR count). The van der Waals surface area contributed by atoms with Crippen molar-refractivity contribution in [3.8, 4) is 0 Å². The van der Waals surface area contributed by atoms with E-state index >= 15 is 0 Å². The van der Waals surface area contributed by atoms with Crippen molar-refractivity contribution in [2.75, 3.05) is 17.7 Å². The third kappa shape index (κ3) is 6.31. The number of benzene rings is 1. The number of likely N-dealkylation sites (N-methyl/N-ethyl adjacent to an activating group) is 1. The van der Waals surface area contributed by atoms with E-state index in [1.165, 1.54) is 31.0 Å². The molecule has 1 aliphatic heterocycles. The number of nitrogens with one attached hydrogen (secondary N) is 1. The second kappa shape index (κ2) is 12.0. The van der Waals surface area contributed by atoms with Crippen molar-refractivity contribution in [3.63, 3.8) is 0 Å². The van der Waals surface area contributed by atoms with Gasteiger partial charge in [-0.1, -0.05) is 62.1 Å². The van der Waals surface area contributed by atoms with Crippen molar-refractivity contribution >= 4 is 35.0 Å². The fourth-order valence-electron chi connectivity index (χ4n) is 5.06. The van der Waals surface area contributed by atoms with E-state index < -0.39 is 18.2 Å². The first-order valence-corrected chi connectivity index (χ1v) is 13.6. The van der Waals surface area contributed by atoms with E-state index in [0.717, 1.165) is 29.8 Å². The van der Waals surface area contributed by atoms with E-state index in [0.29, 0.717) is 23.2 Å². The number of tetrazole rings is 1. The van der Waals surface area contributed by atoms with E-state index in [2.05, 4.69) is 25.8 Å². The van der Waals surface area contributed by atoms with Gasteiger partial charge in [0.05, 0.1) is 24.3 Å². The van der Waals surface area contributed by atoms with Gasteiger partial charge in [0, 0.05) is 31.1 Å². The van der Waals surface area contributed by atoms with Crippen LogP contribution in [0.4, 0.5) is 5.69 Å². The van der Waals surface area contributed by atoms with Gasteiger partial charge in [-0.25, -0.2) is 4.68 Å². The molecule has 1 aliphatic carbocycles. The second-order valence-electron chi connectivity index (χ2n) is 9.73. The smallest absolute Gasteiger partial charge is 0.252 e. The number of hydrogen-bond acceptors (Lipinski definition) is 8. The van der Waals surface area contributed by atoms with Crippen LogP contribution in [0.15, 0.2) is 34.4 Å². The summed E-state index contributed by atoms with van der Waals surface area (Å²) in [7, 11) is 3.46. The number of aliphatic imine (C=N–C) groups is 1. The van der Waals surface area contributed by atoms with Crippen LogP contribution in [-0.4, -0.2) is 73.8 Å². The Morgan fingerprint density at radius 1 is 1.22 bits per heavy atom. The largest absolute Gasteiger partial charge is 0.390 e. The number of hydrogen-bond donors (Lipinski definition) is 2. The molecule has 1 aromatic heterocycles. The summed E-state index contributed by atoms with van der Waals surface area (Å²) in [5, 5.41) is 26.1. The number of fused-ring (bicyclic) bond motifs is 1. The summed E-state index contributed by atoms with van der Waals surface area (Å²) in [5.74, 6) is 0.308. The van der Waals surface area contributed by atoms with Gasteiger partial charge in [-0.05, 0) is 35.8 Å². The highest BCUT2D eigenvalue weighted by molar-refractivity contribution is 7.99. The fourth-order valence-corrected chi connectivity index (χ4v) is 5.93. The molecule has 1 unspecified atom stereocenters. The molecule has 0 radical (unpaired) electrons. The van der Waals surface area contributed by atoms with Crippen molar-refractivity contribution in [1.82, 2.24) is 25.5 Å². The quantitative estimate of drug-likeness (QED) is 0.493. The number of benzodiazepines with no additional fused rings is 1. The molecule has 1 aromatic carbocycles. The molecule has 2 aromatic rings. The summed E-state index contributed by atoms with van der Waals surface area (Å²) in [4.78, 5) is 32.5. The van der Waals surface area contributed by atoms with Crippen molar-refractivity contribution < 1.29 is 14.7 Å². The summed E-state index contributed by atoms with van der Waals surface area (Å²) >= 11 is 1.35. The molecule has 0 saturated heterocycles. The molecular weight excluding hydrogens is 478 g/mol. The van der Waals surface area contributed by atoms with Crippen LogP contribution in [-0.2, 0) is 16.6 Å². The second-order valence-corrected chi connectivity index (χ2v) is 10.7. The minimum absolute atomic E-state index is 0.0667. The molecule has 1 saturated carbocycles. The normalized spacial score (nSPS) is 20.3. The number of nitrogens with zero attached hydrogens (tertiary/aromatic N) is 6. The molecule has 2 aliphatic rings. The molecule has 11 heteroatoms. The molecule has 194 valence electrons. The number of thioether (sulfide) groups is 1. The number of aromatic nitrogens is 4. The lowest BCUT2D eigenvalue weighted by Gasteiger charge is -2.30. The van der Waals surface area contributed by atoms with Crippen LogP contribution in [0.3, 0.4) is 0 Å². The first-order chi connectivity index (χ1) is 17.3. The Morgan fingerprint density at radius 3 is 2.69 bits per heavy atom. The maximum absolute atomic E-state index is 13.2. The summed E-state index contributed by atoms with van der Waals surface area (Å²) in [6, 6.07) is 6.38. The van der Waals surface area contributed by atoms with Gasteiger partial charge in [-0.15, -0.1) is 5.10 Å². The molecule has 1 fully saturated rings. The number of aliphatic hydroxyl groups excluding tert-OH is 1. The summed E-state index contributed by atoms with van der Waals surface area (Å²) in [6.07, 6.45) is 5.66. The van der Waals surface area contributed by atoms with Crippen LogP contribution in [0.25, 0.3) is 0 Å². The first-order valence-electron chi connectivity index (χ1n) is 12.6. The van der Waals surface area contributed by atoms with E-state index in [1.54, 1.807) is 23.7 Å². The Kier molecular flexibility index (Phi) is 8.73. The monoisotopic (exact) mass is 513 g/mol. The van der Waals surface area contributed by atoms with Crippen LogP contribution in [0, 0.1) is 5.92 Å². The highest BCUT2D eigenvalue weighted by Gasteiger charge is 2.32. The van der Waals surface area contributed by atoms with E-state index in [9.17, 15) is 14.7 Å². The molecule has 2 heterocycles. The van der Waals surface area contributed by atoms with E-state index in [4.69, 9.17) is 0 Å². The highest BCUT2D eigenvalue weighted by atomic mass is 32.2. The molecule has 2 N–H and O–H groups in total. The molecule has 2 amide bonds. The van der Waals surface area contributed by atoms with E-state index in [-0.39, 0.29) is 18.2 Å². The summed E-state index contributed by atoms with van der Waals surface area (Å²) in [6.45, 7) is 1.87. The van der Waals surface area contributed by atoms with Crippen LogP contribution >= 0.6 is 11.8 Å². The van der Waals surface area contributed by atoms with Gasteiger partial charge in [0.25, 0.3) is 5.91 Å². The van der Waals surface area contributed by atoms with Gasteiger partial charge in [0.15, 0.2) is 0 Å². The Morgan fingerprint density at radius 2 is 1.97 bits per heavy atom. The lowest BCUT2D eigenvalue weighted by atomic mass is 9.84. The Balaban J connectivity index is 1.44. The average Bonchev–Trinajstić information content (AvgIpc) is 3.27. The van der Waals surface area contributed by atoms with Gasteiger partial charge >= 0.3 is 0 Å². The molecule has 0 bridgehead atoms. The zero-order chi connectivity index (χ0) is 25.7. The zero-order valence-electron chi connectivity index (χ0n) is 21.1. The fraction of sp³-hybridized carbons (Fsp3) is 0.600. The van der Waals surface area contributed by atoms with Crippen molar-refractivity contribution in [2.45, 2.75) is 75.2 Å². The third-order valence-corrected chi connectivity index (χ3v) is 8.20. The summed E-state index contributed by atoms with van der Waals surface area (Å²) < 4.78 is 1.55. The minimum atomic E-state index is -0.811. The number of anilines is 1. The number of amides is 2. The molecule has 0 spiro atoms. The number of aliphatic hydroxyl groups is 1. The predicted molar refractivity (Wildman–Crippen MR) is 139 cm³/mol. The van der Waals surface area contributed by atoms with Crippen LogP contribution in [0.2, 0.25) is 0 Å².